The van der Waals surface area contributed by atoms with Gasteiger partial charge in [0.2, 0.25) is 0 Å². The second-order valence-corrected chi connectivity index (χ2v) is 3.57. The summed E-state index contributed by atoms with van der Waals surface area (Å²) in [4.78, 5) is 11.9. The highest BCUT2D eigenvalue weighted by Crippen LogP contribution is 2.23. The molecule has 0 amide bonds. The van der Waals surface area contributed by atoms with Crippen LogP contribution in [0.5, 0.6) is 0 Å². The predicted octanol–water partition coefficient (Wildman–Crippen LogP) is 1.29. The minimum atomic E-state index is -0.573. The van der Waals surface area contributed by atoms with Gasteiger partial charge >= 0.3 is 0 Å². The molecule has 6 nitrogen and oxygen atoms in total. The maximum atomic E-state index is 10.6. The average Bonchev–Trinajstić information content (AvgIpc) is 2.34. The highest BCUT2D eigenvalue weighted by Gasteiger charge is 2.14. The Morgan fingerprint density at radius 2 is 2.29 bits per heavy atom. The molecule has 0 bridgehead atoms. The minimum Gasteiger partial charge on any atom is -0.396 e. The van der Waals surface area contributed by atoms with Crippen molar-refractivity contribution in [1.29, 1.82) is 5.26 Å². The molecule has 0 aliphatic heterocycles. The topological polar surface area (TPSA) is 90.4 Å². The Bertz CT molecular complexity index is 454. The number of aliphatic hydroxyl groups is 1. The smallest absolute Gasteiger partial charge is 0.287 e. The fourth-order valence-electron chi connectivity index (χ4n) is 1.45. The third-order valence-corrected chi connectivity index (χ3v) is 2.39. The van der Waals surface area contributed by atoms with Crippen molar-refractivity contribution in [2.24, 2.45) is 0 Å². The van der Waals surface area contributed by atoms with Crippen LogP contribution in [0.1, 0.15) is 12.0 Å². The lowest BCUT2D eigenvalue weighted by molar-refractivity contribution is -0.385. The summed E-state index contributed by atoms with van der Waals surface area (Å²) in [6.07, 6.45) is 0.607. The lowest BCUT2D eigenvalue weighted by Gasteiger charge is -2.18. The van der Waals surface area contributed by atoms with Gasteiger partial charge in [0.15, 0.2) is 0 Å². The highest BCUT2D eigenvalue weighted by molar-refractivity contribution is 5.59. The van der Waals surface area contributed by atoms with Crippen molar-refractivity contribution < 1.29 is 10.0 Å². The summed E-state index contributed by atoms with van der Waals surface area (Å²) < 4.78 is 0. The van der Waals surface area contributed by atoms with E-state index in [2.05, 4.69) is 0 Å². The Hall–Kier alpha value is -2.13. The van der Waals surface area contributed by atoms with Crippen molar-refractivity contribution in [3.63, 3.8) is 0 Å². The first-order valence-electron chi connectivity index (χ1n) is 5.10. The molecule has 90 valence electrons. The molecule has 1 aromatic rings. The summed E-state index contributed by atoms with van der Waals surface area (Å²) >= 11 is 0. The maximum Gasteiger partial charge on any atom is 0.287 e. The monoisotopic (exact) mass is 235 g/mol. The zero-order valence-corrected chi connectivity index (χ0v) is 9.46. The number of nitro benzene ring substituents is 1. The van der Waals surface area contributed by atoms with E-state index in [4.69, 9.17) is 10.4 Å². The molecule has 0 saturated heterocycles. The first kappa shape index (κ1) is 12.9. The van der Waals surface area contributed by atoms with Crippen LogP contribution in [0.2, 0.25) is 0 Å². The van der Waals surface area contributed by atoms with E-state index >= 15 is 0 Å². The van der Waals surface area contributed by atoms with E-state index in [1.54, 1.807) is 13.1 Å². The van der Waals surface area contributed by atoms with Crippen LogP contribution < -0.4 is 4.90 Å². The number of anilines is 1. The molecule has 0 unspecified atom stereocenters. The number of hydrogen-bond acceptors (Lipinski definition) is 5. The Morgan fingerprint density at radius 1 is 1.59 bits per heavy atom. The molecule has 1 N–H and O–H groups in total. The molecule has 0 aliphatic rings. The molecule has 0 atom stereocenters. The molecule has 0 radical (unpaired) electrons. The Morgan fingerprint density at radius 3 is 2.82 bits per heavy atom. The van der Waals surface area contributed by atoms with Gasteiger partial charge in [0.1, 0.15) is 11.6 Å². The van der Waals surface area contributed by atoms with Crippen molar-refractivity contribution in [1.82, 2.24) is 0 Å². The summed E-state index contributed by atoms with van der Waals surface area (Å²) in [5.74, 6) is 0. The summed E-state index contributed by atoms with van der Waals surface area (Å²) in [7, 11) is 1.80. The van der Waals surface area contributed by atoms with Crippen LogP contribution in [0.4, 0.5) is 11.4 Å². The summed E-state index contributed by atoms with van der Waals surface area (Å²) in [5, 5.41) is 28.2. The van der Waals surface area contributed by atoms with Gasteiger partial charge in [-0.2, -0.15) is 5.26 Å². The number of hydrogen-bond donors (Lipinski definition) is 1. The van der Waals surface area contributed by atoms with Crippen molar-refractivity contribution in [3.8, 4) is 6.07 Å². The Kier molecular flexibility index (Phi) is 4.43. The molecule has 0 heterocycles. The standard InChI is InChI=1S/C11H13N3O3/c1-13(5-2-6-15)10-3-4-11(14(16)17)9(7-10)8-12/h3-4,7,15H,2,5-6H2,1H3. The van der Waals surface area contributed by atoms with Gasteiger partial charge in [-0.1, -0.05) is 0 Å². The molecular formula is C11H13N3O3. The lowest BCUT2D eigenvalue weighted by Crippen LogP contribution is -2.19. The normalized spacial score (nSPS) is 9.71. The van der Waals surface area contributed by atoms with Gasteiger partial charge in [-0.3, -0.25) is 10.1 Å². The fraction of sp³-hybridized carbons (Fsp3) is 0.364. The van der Waals surface area contributed by atoms with E-state index in [-0.39, 0.29) is 17.9 Å². The maximum absolute atomic E-state index is 10.6. The molecular weight excluding hydrogens is 222 g/mol. The number of aliphatic hydroxyl groups excluding tert-OH is 1. The van der Waals surface area contributed by atoms with Gasteiger partial charge in [-0.05, 0) is 18.6 Å². The first-order valence-corrected chi connectivity index (χ1v) is 5.10. The predicted molar refractivity (Wildman–Crippen MR) is 62.8 cm³/mol. The SMILES string of the molecule is CN(CCCO)c1ccc([N+](=O)[O-])c(C#N)c1. The van der Waals surface area contributed by atoms with Crippen LogP contribution in [0, 0.1) is 21.4 Å². The summed E-state index contributed by atoms with van der Waals surface area (Å²) in [6.45, 7) is 0.710. The van der Waals surface area contributed by atoms with E-state index in [1.165, 1.54) is 12.1 Å². The second-order valence-electron chi connectivity index (χ2n) is 3.57. The highest BCUT2D eigenvalue weighted by atomic mass is 16.6. The van der Waals surface area contributed by atoms with Gasteiger partial charge < -0.3 is 10.0 Å². The van der Waals surface area contributed by atoms with E-state index in [1.807, 2.05) is 11.0 Å². The van der Waals surface area contributed by atoms with Crippen LogP contribution >= 0.6 is 0 Å². The molecule has 0 fully saturated rings. The van der Waals surface area contributed by atoms with E-state index in [9.17, 15) is 10.1 Å². The number of rotatable bonds is 5. The van der Waals surface area contributed by atoms with Gasteiger partial charge in [-0.15, -0.1) is 0 Å². The van der Waals surface area contributed by atoms with Crippen LogP contribution in [-0.4, -0.2) is 30.2 Å². The largest absolute Gasteiger partial charge is 0.396 e. The molecule has 0 aliphatic carbocycles. The minimum absolute atomic E-state index is 0.0448. The molecule has 1 aromatic carbocycles. The summed E-state index contributed by atoms with van der Waals surface area (Å²) in [5.41, 5.74) is 0.579. The first-order chi connectivity index (χ1) is 8.10. The van der Waals surface area contributed by atoms with Crippen molar-refractivity contribution in [2.45, 2.75) is 6.42 Å². The van der Waals surface area contributed by atoms with Crippen LogP contribution in [-0.2, 0) is 0 Å². The fourth-order valence-corrected chi connectivity index (χ4v) is 1.45. The van der Waals surface area contributed by atoms with Gasteiger partial charge in [0.05, 0.1) is 4.92 Å². The van der Waals surface area contributed by atoms with E-state index < -0.39 is 4.92 Å². The number of benzene rings is 1. The zero-order chi connectivity index (χ0) is 12.8. The number of nitrogens with zero attached hydrogens (tertiary/aromatic N) is 3. The van der Waals surface area contributed by atoms with Crippen LogP contribution in [0.3, 0.4) is 0 Å². The number of nitriles is 1. The lowest BCUT2D eigenvalue weighted by atomic mass is 10.1. The Balaban J connectivity index is 2.98. The van der Waals surface area contributed by atoms with Crippen molar-refractivity contribution >= 4 is 11.4 Å². The molecule has 17 heavy (non-hydrogen) atoms. The van der Waals surface area contributed by atoms with E-state index in [0.29, 0.717) is 13.0 Å². The molecule has 6 heteroatoms. The second kappa shape index (κ2) is 5.82. The molecule has 0 aromatic heterocycles. The molecule has 1 rings (SSSR count). The van der Waals surface area contributed by atoms with Crippen LogP contribution in [0.15, 0.2) is 18.2 Å². The molecule has 0 saturated carbocycles. The van der Waals surface area contributed by atoms with Gasteiger partial charge in [-0.25, -0.2) is 0 Å². The average molecular weight is 235 g/mol. The number of nitro groups is 1. The molecule has 0 spiro atoms. The quantitative estimate of drug-likeness (QED) is 0.613. The van der Waals surface area contributed by atoms with Crippen molar-refractivity contribution in [2.75, 3.05) is 25.1 Å². The third kappa shape index (κ3) is 3.16. The summed E-state index contributed by atoms with van der Waals surface area (Å²) in [6, 6.07) is 6.21. The zero-order valence-electron chi connectivity index (χ0n) is 9.46. The third-order valence-electron chi connectivity index (χ3n) is 2.39. The Labute approximate surface area is 98.9 Å². The van der Waals surface area contributed by atoms with Gasteiger partial charge in [0, 0.05) is 32.0 Å². The van der Waals surface area contributed by atoms with Gasteiger partial charge in [0.25, 0.3) is 5.69 Å². The van der Waals surface area contributed by atoms with Crippen molar-refractivity contribution in [3.05, 3.63) is 33.9 Å². The van der Waals surface area contributed by atoms with E-state index in [0.717, 1.165) is 5.69 Å². The van der Waals surface area contributed by atoms with Crippen LogP contribution in [0.25, 0.3) is 0 Å².